The largest absolute Gasteiger partial charge is 0.328 e. The lowest BCUT2D eigenvalue weighted by molar-refractivity contribution is 0.382. The van der Waals surface area contributed by atoms with Gasteiger partial charge in [-0.2, -0.15) is 0 Å². The summed E-state index contributed by atoms with van der Waals surface area (Å²) < 4.78 is 26.6. The van der Waals surface area contributed by atoms with Gasteiger partial charge in [0.2, 0.25) is 10.0 Å². The molecule has 2 unspecified atom stereocenters. The summed E-state index contributed by atoms with van der Waals surface area (Å²) in [5.41, 5.74) is 5.66. The molecule has 1 fully saturated rings. The van der Waals surface area contributed by atoms with E-state index in [9.17, 15) is 8.42 Å². The van der Waals surface area contributed by atoms with E-state index in [1.54, 1.807) is 0 Å². The van der Waals surface area contributed by atoms with Gasteiger partial charge in [-0.15, -0.1) is 0 Å². The molecule has 0 aromatic rings. The van der Waals surface area contributed by atoms with Crippen LogP contribution in [0.2, 0.25) is 0 Å². The van der Waals surface area contributed by atoms with Crippen LogP contribution in [-0.4, -0.2) is 26.3 Å². The third-order valence-electron chi connectivity index (χ3n) is 3.29. The maximum Gasteiger partial charge on any atom is 0.212 e. The second-order valence-corrected chi connectivity index (χ2v) is 7.32. The molecule has 0 spiro atoms. The van der Waals surface area contributed by atoms with Crippen molar-refractivity contribution < 1.29 is 8.42 Å². The molecule has 0 saturated heterocycles. The van der Waals surface area contributed by atoms with Crippen LogP contribution in [0.25, 0.3) is 0 Å². The minimum atomic E-state index is -3.13. The number of sulfonamides is 1. The summed E-state index contributed by atoms with van der Waals surface area (Å²) in [6.07, 6.45) is 6.41. The Labute approximate surface area is 105 Å². The molecule has 4 nitrogen and oxygen atoms in total. The number of hydrogen-bond acceptors (Lipinski definition) is 3. The molecule has 0 aliphatic heterocycles. The molecule has 0 heterocycles. The first-order valence-electron chi connectivity index (χ1n) is 6.64. The number of nitrogens with one attached hydrogen (secondary N) is 1. The van der Waals surface area contributed by atoms with Gasteiger partial charge in [0.15, 0.2) is 0 Å². The van der Waals surface area contributed by atoms with Gasteiger partial charge in [-0.05, 0) is 39.0 Å². The van der Waals surface area contributed by atoms with Gasteiger partial charge in [0.05, 0.1) is 5.75 Å². The van der Waals surface area contributed by atoms with Gasteiger partial charge in [0.1, 0.15) is 0 Å². The van der Waals surface area contributed by atoms with Crippen LogP contribution in [0.3, 0.4) is 0 Å². The Balaban J connectivity index is 2.39. The minimum Gasteiger partial charge on any atom is -0.328 e. The molecule has 102 valence electrons. The van der Waals surface area contributed by atoms with Crippen LogP contribution in [0.1, 0.15) is 52.4 Å². The molecule has 0 radical (unpaired) electrons. The highest BCUT2D eigenvalue weighted by Crippen LogP contribution is 2.24. The maximum atomic E-state index is 11.9. The monoisotopic (exact) mass is 262 g/mol. The molecule has 0 aromatic heterocycles. The van der Waals surface area contributed by atoms with E-state index in [1.807, 2.05) is 13.8 Å². The van der Waals surface area contributed by atoms with Gasteiger partial charge in [-0.25, -0.2) is 13.1 Å². The number of hydrogen-bond donors (Lipinski definition) is 2. The minimum absolute atomic E-state index is 0.0300. The highest BCUT2D eigenvalue weighted by atomic mass is 32.2. The van der Waals surface area contributed by atoms with Crippen LogP contribution < -0.4 is 10.5 Å². The Hall–Kier alpha value is -0.130. The summed E-state index contributed by atoms with van der Waals surface area (Å²) in [4.78, 5) is 0. The molecule has 17 heavy (non-hydrogen) atoms. The first kappa shape index (κ1) is 14.9. The van der Waals surface area contributed by atoms with E-state index in [2.05, 4.69) is 4.72 Å². The molecular weight excluding hydrogens is 236 g/mol. The van der Waals surface area contributed by atoms with Crippen molar-refractivity contribution in [3.05, 3.63) is 0 Å². The van der Waals surface area contributed by atoms with Gasteiger partial charge in [-0.3, -0.25) is 0 Å². The zero-order chi connectivity index (χ0) is 12.9. The summed E-state index contributed by atoms with van der Waals surface area (Å²) in [5, 5.41) is 0. The van der Waals surface area contributed by atoms with E-state index >= 15 is 0 Å². The summed E-state index contributed by atoms with van der Waals surface area (Å²) in [6.45, 7) is 3.77. The lowest BCUT2D eigenvalue weighted by Gasteiger charge is -2.23. The molecule has 1 aliphatic carbocycles. The van der Waals surface area contributed by atoms with Gasteiger partial charge >= 0.3 is 0 Å². The van der Waals surface area contributed by atoms with E-state index in [0.717, 1.165) is 12.8 Å². The van der Waals surface area contributed by atoms with Gasteiger partial charge in [0.25, 0.3) is 0 Å². The second-order valence-electron chi connectivity index (χ2n) is 5.52. The molecule has 0 amide bonds. The molecule has 0 aromatic carbocycles. The first-order valence-corrected chi connectivity index (χ1v) is 8.30. The van der Waals surface area contributed by atoms with E-state index in [-0.39, 0.29) is 17.8 Å². The Morgan fingerprint density at radius 1 is 1.24 bits per heavy atom. The van der Waals surface area contributed by atoms with Crippen LogP contribution in [-0.2, 0) is 10.0 Å². The van der Waals surface area contributed by atoms with Crippen LogP contribution >= 0.6 is 0 Å². The van der Waals surface area contributed by atoms with Crippen LogP contribution in [0.4, 0.5) is 0 Å². The summed E-state index contributed by atoms with van der Waals surface area (Å²) in [7, 11) is -3.13. The zero-order valence-electron chi connectivity index (χ0n) is 11.0. The van der Waals surface area contributed by atoms with Crippen molar-refractivity contribution in [2.45, 2.75) is 64.5 Å². The number of nitrogens with two attached hydrogens (primary N) is 1. The van der Waals surface area contributed by atoms with Crippen molar-refractivity contribution in [3.63, 3.8) is 0 Å². The fourth-order valence-corrected chi connectivity index (χ4v) is 4.38. The third-order valence-corrected chi connectivity index (χ3v) is 4.96. The Kier molecular flexibility index (Phi) is 5.89. The molecule has 5 heteroatoms. The van der Waals surface area contributed by atoms with E-state index < -0.39 is 10.0 Å². The summed E-state index contributed by atoms with van der Waals surface area (Å²) >= 11 is 0. The van der Waals surface area contributed by atoms with Crippen LogP contribution in [0, 0.1) is 5.92 Å². The molecular formula is C12H26N2O2S. The van der Waals surface area contributed by atoms with Crippen molar-refractivity contribution in [2.75, 3.05) is 5.75 Å². The average molecular weight is 262 g/mol. The van der Waals surface area contributed by atoms with Crippen LogP contribution in [0.15, 0.2) is 0 Å². The number of rotatable bonds is 6. The average Bonchev–Trinajstić information content (AvgIpc) is 2.15. The first-order chi connectivity index (χ1) is 7.89. The Morgan fingerprint density at radius 2 is 1.82 bits per heavy atom. The van der Waals surface area contributed by atoms with Crippen molar-refractivity contribution in [3.8, 4) is 0 Å². The lowest BCUT2D eigenvalue weighted by atomic mass is 9.91. The standard InChI is InChI=1S/C12H26N2O2S/c1-10(13)8-11(2)14-17(15,16)9-12-6-4-3-5-7-12/h10-12,14H,3-9,13H2,1-2H3. The fraction of sp³-hybridized carbons (Fsp3) is 1.00. The fourth-order valence-electron chi connectivity index (χ4n) is 2.62. The van der Waals surface area contributed by atoms with Gasteiger partial charge < -0.3 is 5.73 Å². The highest BCUT2D eigenvalue weighted by molar-refractivity contribution is 7.89. The lowest BCUT2D eigenvalue weighted by Crippen LogP contribution is -2.39. The zero-order valence-corrected chi connectivity index (χ0v) is 11.8. The molecule has 0 bridgehead atoms. The Bertz CT molecular complexity index is 308. The van der Waals surface area contributed by atoms with E-state index in [4.69, 9.17) is 5.73 Å². The third kappa shape index (κ3) is 6.38. The smallest absolute Gasteiger partial charge is 0.212 e. The maximum absolute atomic E-state index is 11.9. The van der Waals surface area contributed by atoms with E-state index in [0.29, 0.717) is 12.3 Å². The SMILES string of the molecule is CC(N)CC(C)NS(=O)(=O)CC1CCCCC1. The van der Waals surface area contributed by atoms with Crippen molar-refractivity contribution in [1.29, 1.82) is 0 Å². The van der Waals surface area contributed by atoms with Gasteiger partial charge in [-0.1, -0.05) is 19.3 Å². The molecule has 1 aliphatic rings. The van der Waals surface area contributed by atoms with Crippen LogP contribution in [0.5, 0.6) is 0 Å². The molecule has 3 N–H and O–H groups in total. The summed E-state index contributed by atoms with van der Waals surface area (Å²) in [5.74, 6) is 0.639. The van der Waals surface area contributed by atoms with E-state index in [1.165, 1.54) is 19.3 Å². The van der Waals surface area contributed by atoms with Crippen molar-refractivity contribution in [2.24, 2.45) is 11.7 Å². The van der Waals surface area contributed by atoms with Crippen molar-refractivity contribution >= 4 is 10.0 Å². The molecule has 2 atom stereocenters. The summed E-state index contributed by atoms with van der Waals surface area (Å²) in [6, 6.07) is -0.0361. The predicted molar refractivity (Wildman–Crippen MR) is 71.2 cm³/mol. The topological polar surface area (TPSA) is 72.2 Å². The second kappa shape index (κ2) is 6.71. The molecule has 1 rings (SSSR count). The predicted octanol–water partition coefficient (Wildman–Crippen LogP) is 1.61. The quantitative estimate of drug-likeness (QED) is 0.764. The van der Waals surface area contributed by atoms with Gasteiger partial charge in [0, 0.05) is 12.1 Å². The normalized spacial score (nSPS) is 22.3. The highest BCUT2D eigenvalue weighted by Gasteiger charge is 2.22. The molecule has 1 saturated carbocycles. The van der Waals surface area contributed by atoms with Crippen molar-refractivity contribution in [1.82, 2.24) is 4.72 Å². The Morgan fingerprint density at radius 3 is 2.35 bits per heavy atom.